The second-order valence-corrected chi connectivity index (χ2v) is 5.72. The fraction of sp³-hybridized carbons (Fsp3) is 0.333. The Hall–Kier alpha value is -2.20. The topological polar surface area (TPSA) is 45.2 Å². The number of nitrogens with zero attached hydrogens (tertiary/aromatic N) is 2. The number of piperidine rings is 1. The van der Waals surface area contributed by atoms with E-state index >= 15 is 0 Å². The van der Waals surface area contributed by atoms with Gasteiger partial charge in [-0.2, -0.15) is 0 Å². The van der Waals surface area contributed by atoms with Crippen LogP contribution >= 0.6 is 0 Å². The molecule has 1 aliphatic heterocycles. The molecule has 0 bridgehead atoms. The van der Waals surface area contributed by atoms with Crippen molar-refractivity contribution < 1.29 is 4.79 Å². The Morgan fingerprint density at radius 1 is 1.00 bits per heavy atom. The molecule has 0 saturated carbocycles. The molecule has 1 aromatic heterocycles. The van der Waals surface area contributed by atoms with Crippen molar-refractivity contribution in [2.45, 2.75) is 25.8 Å². The number of hydrogen-bond acceptors (Lipinski definition) is 3. The summed E-state index contributed by atoms with van der Waals surface area (Å²) >= 11 is 0. The maximum atomic E-state index is 12.1. The first-order valence-corrected chi connectivity index (χ1v) is 7.84. The summed E-state index contributed by atoms with van der Waals surface area (Å²) in [7, 11) is 0. The number of carbonyl (C=O) groups excluding carboxylic acids is 1. The Balaban J connectivity index is 1.58. The molecule has 1 aromatic carbocycles. The summed E-state index contributed by atoms with van der Waals surface area (Å²) in [4.78, 5) is 18.5. The maximum Gasteiger partial charge on any atom is 0.255 e. The molecule has 4 heteroatoms. The molecule has 2 aromatic rings. The molecule has 0 atom stereocenters. The smallest absolute Gasteiger partial charge is 0.255 e. The van der Waals surface area contributed by atoms with Crippen LogP contribution in [-0.4, -0.2) is 28.9 Å². The third kappa shape index (κ3) is 3.92. The fourth-order valence-corrected chi connectivity index (χ4v) is 2.78. The molecule has 3 rings (SSSR count). The normalized spacial score (nSPS) is 15.5. The van der Waals surface area contributed by atoms with Crippen molar-refractivity contribution in [3.8, 4) is 0 Å². The van der Waals surface area contributed by atoms with Gasteiger partial charge in [0, 0.05) is 30.2 Å². The summed E-state index contributed by atoms with van der Waals surface area (Å²) in [5, 5.41) is 2.91. The molecule has 1 saturated heterocycles. The summed E-state index contributed by atoms with van der Waals surface area (Å²) in [6.07, 6.45) is 7.21. The predicted octanol–water partition coefficient (Wildman–Crippen LogP) is 3.32. The van der Waals surface area contributed by atoms with E-state index < -0.39 is 0 Å². The van der Waals surface area contributed by atoms with Gasteiger partial charge in [0.1, 0.15) is 0 Å². The van der Waals surface area contributed by atoms with Crippen molar-refractivity contribution >= 4 is 11.6 Å². The van der Waals surface area contributed by atoms with Crippen molar-refractivity contribution in [3.05, 3.63) is 59.9 Å². The van der Waals surface area contributed by atoms with Crippen LogP contribution in [0.25, 0.3) is 0 Å². The van der Waals surface area contributed by atoms with Crippen LogP contribution in [-0.2, 0) is 6.54 Å². The second-order valence-electron chi connectivity index (χ2n) is 5.72. The third-order valence-corrected chi connectivity index (χ3v) is 4.01. The highest BCUT2D eigenvalue weighted by molar-refractivity contribution is 6.04. The largest absolute Gasteiger partial charge is 0.322 e. The summed E-state index contributed by atoms with van der Waals surface area (Å²) < 4.78 is 0. The van der Waals surface area contributed by atoms with E-state index in [9.17, 15) is 4.79 Å². The van der Waals surface area contributed by atoms with Gasteiger partial charge in [0.2, 0.25) is 0 Å². The lowest BCUT2D eigenvalue weighted by atomic mass is 10.1. The highest BCUT2D eigenvalue weighted by atomic mass is 16.1. The fourth-order valence-electron chi connectivity index (χ4n) is 2.78. The van der Waals surface area contributed by atoms with E-state index in [1.54, 1.807) is 24.5 Å². The van der Waals surface area contributed by atoms with E-state index in [2.05, 4.69) is 27.3 Å². The van der Waals surface area contributed by atoms with E-state index in [0.717, 1.165) is 12.2 Å². The van der Waals surface area contributed by atoms with E-state index in [-0.39, 0.29) is 5.91 Å². The molecule has 0 unspecified atom stereocenters. The predicted molar refractivity (Wildman–Crippen MR) is 87.8 cm³/mol. The van der Waals surface area contributed by atoms with Crippen LogP contribution in [0.2, 0.25) is 0 Å². The van der Waals surface area contributed by atoms with Gasteiger partial charge in [0.15, 0.2) is 0 Å². The quantitative estimate of drug-likeness (QED) is 0.941. The molecule has 0 spiro atoms. The first kappa shape index (κ1) is 14.7. The van der Waals surface area contributed by atoms with E-state index in [1.807, 2.05) is 12.1 Å². The number of likely N-dealkylation sites (tertiary alicyclic amines) is 1. The van der Waals surface area contributed by atoms with Crippen molar-refractivity contribution in [1.29, 1.82) is 0 Å². The molecular formula is C18H21N3O. The van der Waals surface area contributed by atoms with Crippen LogP contribution in [0.3, 0.4) is 0 Å². The minimum absolute atomic E-state index is 0.105. The number of pyridine rings is 1. The monoisotopic (exact) mass is 295 g/mol. The summed E-state index contributed by atoms with van der Waals surface area (Å²) in [5.74, 6) is -0.105. The number of anilines is 1. The third-order valence-electron chi connectivity index (χ3n) is 4.01. The average Bonchev–Trinajstić information content (AvgIpc) is 2.58. The molecule has 22 heavy (non-hydrogen) atoms. The first-order valence-electron chi connectivity index (χ1n) is 7.84. The summed E-state index contributed by atoms with van der Waals surface area (Å²) in [6.45, 7) is 3.39. The van der Waals surface area contributed by atoms with Gasteiger partial charge in [0.25, 0.3) is 5.91 Å². The Morgan fingerprint density at radius 2 is 1.68 bits per heavy atom. The lowest BCUT2D eigenvalue weighted by Crippen LogP contribution is -2.29. The van der Waals surface area contributed by atoms with Crippen LogP contribution in [0.4, 0.5) is 5.69 Å². The average molecular weight is 295 g/mol. The highest BCUT2D eigenvalue weighted by Crippen LogP contribution is 2.15. The number of carbonyl (C=O) groups is 1. The van der Waals surface area contributed by atoms with Gasteiger partial charge < -0.3 is 5.32 Å². The van der Waals surface area contributed by atoms with Gasteiger partial charge in [0.05, 0.1) is 0 Å². The van der Waals surface area contributed by atoms with Crippen LogP contribution in [0.1, 0.15) is 35.2 Å². The van der Waals surface area contributed by atoms with Crippen LogP contribution in [0, 0.1) is 0 Å². The molecular weight excluding hydrogens is 274 g/mol. The summed E-state index contributed by atoms with van der Waals surface area (Å²) in [5.41, 5.74) is 2.74. The zero-order valence-electron chi connectivity index (χ0n) is 12.7. The molecule has 2 heterocycles. The number of aromatic nitrogens is 1. The summed E-state index contributed by atoms with van der Waals surface area (Å²) in [6, 6.07) is 11.5. The molecule has 0 radical (unpaired) electrons. The van der Waals surface area contributed by atoms with Crippen LogP contribution in [0.5, 0.6) is 0 Å². The number of amides is 1. The number of hydrogen-bond donors (Lipinski definition) is 1. The number of nitrogens with one attached hydrogen (secondary N) is 1. The molecule has 1 fully saturated rings. The first-order chi connectivity index (χ1) is 10.8. The second kappa shape index (κ2) is 7.18. The van der Waals surface area contributed by atoms with Crippen LogP contribution < -0.4 is 5.32 Å². The molecule has 0 aliphatic carbocycles. The lowest BCUT2D eigenvalue weighted by Gasteiger charge is -2.26. The van der Waals surface area contributed by atoms with Crippen molar-refractivity contribution in [3.63, 3.8) is 0 Å². The van der Waals surface area contributed by atoms with Gasteiger partial charge >= 0.3 is 0 Å². The van der Waals surface area contributed by atoms with Gasteiger partial charge in [-0.1, -0.05) is 18.6 Å². The van der Waals surface area contributed by atoms with Crippen molar-refractivity contribution in [2.75, 3.05) is 18.4 Å². The molecule has 114 valence electrons. The minimum atomic E-state index is -0.105. The van der Waals surface area contributed by atoms with E-state index in [1.165, 1.54) is 37.9 Å². The SMILES string of the molecule is O=C(Nc1ccc(CN2CCCCC2)cc1)c1ccncc1. The van der Waals surface area contributed by atoms with Gasteiger partial charge in [-0.05, 0) is 55.8 Å². The van der Waals surface area contributed by atoms with Gasteiger partial charge in [-0.25, -0.2) is 0 Å². The van der Waals surface area contributed by atoms with Gasteiger partial charge in [-0.15, -0.1) is 0 Å². The standard InChI is InChI=1S/C18H21N3O/c22-18(16-8-10-19-11-9-16)20-17-6-4-15(5-7-17)14-21-12-2-1-3-13-21/h4-11H,1-3,12-14H2,(H,20,22). The Labute approximate surface area is 131 Å². The lowest BCUT2D eigenvalue weighted by molar-refractivity contribution is 0.102. The zero-order valence-corrected chi connectivity index (χ0v) is 12.7. The van der Waals surface area contributed by atoms with E-state index in [0.29, 0.717) is 5.56 Å². The Kier molecular flexibility index (Phi) is 4.81. The Morgan fingerprint density at radius 3 is 2.36 bits per heavy atom. The van der Waals surface area contributed by atoms with Gasteiger partial charge in [-0.3, -0.25) is 14.7 Å². The van der Waals surface area contributed by atoms with E-state index in [4.69, 9.17) is 0 Å². The highest BCUT2D eigenvalue weighted by Gasteiger charge is 2.10. The minimum Gasteiger partial charge on any atom is -0.322 e. The zero-order chi connectivity index (χ0) is 15.2. The Bertz CT molecular complexity index is 604. The number of rotatable bonds is 4. The van der Waals surface area contributed by atoms with Crippen LogP contribution in [0.15, 0.2) is 48.8 Å². The van der Waals surface area contributed by atoms with Crippen molar-refractivity contribution in [2.24, 2.45) is 0 Å². The molecule has 1 aliphatic rings. The molecule has 4 nitrogen and oxygen atoms in total. The molecule has 1 amide bonds. The number of benzene rings is 1. The van der Waals surface area contributed by atoms with Crippen molar-refractivity contribution in [1.82, 2.24) is 9.88 Å². The molecule has 1 N–H and O–H groups in total. The maximum absolute atomic E-state index is 12.1.